The average Bonchev–Trinajstić information content (AvgIpc) is 3.11. The Morgan fingerprint density at radius 1 is 1.00 bits per heavy atom. The van der Waals surface area contributed by atoms with Gasteiger partial charge in [0.15, 0.2) is 5.11 Å². The first-order valence-electron chi connectivity index (χ1n) is 8.00. The van der Waals surface area contributed by atoms with E-state index in [1.807, 2.05) is 42.7 Å². The van der Waals surface area contributed by atoms with Gasteiger partial charge in [-0.2, -0.15) is 0 Å². The van der Waals surface area contributed by atoms with Crippen molar-refractivity contribution in [1.82, 2.24) is 14.5 Å². The van der Waals surface area contributed by atoms with Crippen LogP contribution in [0.5, 0.6) is 0 Å². The van der Waals surface area contributed by atoms with Crippen LogP contribution in [0, 0.1) is 0 Å². The van der Waals surface area contributed by atoms with Gasteiger partial charge in [-0.15, -0.1) is 0 Å². The number of pyridine rings is 1. The zero-order valence-electron chi connectivity index (χ0n) is 13.2. The second-order valence-corrected chi connectivity index (χ2v) is 6.19. The van der Waals surface area contributed by atoms with Crippen LogP contribution in [-0.2, 0) is 6.54 Å². The molecule has 5 heteroatoms. The van der Waals surface area contributed by atoms with Crippen molar-refractivity contribution in [3.8, 4) is 0 Å². The highest BCUT2D eigenvalue weighted by Crippen LogP contribution is 2.32. The van der Waals surface area contributed by atoms with Gasteiger partial charge in [-0.1, -0.05) is 18.2 Å². The monoisotopic (exact) mass is 334 g/mol. The molecule has 0 radical (unpaired) electrons. The lowest BCUT2D eigenvalue weighted by Crippen LogP contribution is -2.44. The lowest BCUT2D eigenvalue weighted by molar-refractivity contribution is 0.293. The molecule has 3 heterocycles. The molecule has 0 spiro atoms. The molecule has 1 atom stereocenters. The van der Waals surface area contributed by atoms with Gasteiger partial charge in [0.2, 0.25) is 0 Å². The Kier molecular flexibility index (Phi) is 4.01. The summed E-state index contributed by atoms with van der Waals surface area (Å²) >= 11 is 5.73. The number of nitrogens with zero attached hydrogens (tertiary/aromatic N) is 3. The van der Waals surface area contributed by atoms with E-state index in [1.54, 1.807) is 0 Å². The first kappa shape index (κ1) is 14.9. The van der Waals surface area contributed by atoms with Gasteiger partial charge in [0.1, 0.15) is 0 Å². The van der Waals surface area contributed by atoms with Gasteiger partial charge >= 0.3 is 0 Å². The first-order valence-corrected chi connectivity index (χ1v) is 8.41. The van der Waals surface area contributed by atoms with Crippen LogP contribution >= 0.6 is 12.2 Å². The zero-order chi connectivity index (χ0) is 16.4. The van der Waals surface area contributed by atoms with Crippen molar-refractivity contribution in [3.63, 3.8) is 0 Å². The molecule has 4 rings (SSSR count). The number of benzene rings is 1. The molecule has 1 N–H and O–H groups in total. The third kappa shape index (κ3) is 2.78. The molecule has 1 unspecified atom stereocenters. The summed E-state index contributed by atoms with van der Waals surface area (Å²) in [7, 11) is 0. The SMILES string of the molecule is S=C(Nc1ccccc1)N1CCn2cccc2C1c1ccncc1. The quantitative estimate of drug-likeness (QED) is 0.725. The van der Waals surface area contributed by atoms with Gasteiger partial charge < -0.3 is 14.8 Å². The van der Waals surface area contributed by atoms with E-state index >= 15 is 0 Å². The number of hydrogen-bond acceptors (Lipinski definition) is 2. The Bertz CT molecular complexity index is 829. The smallest absolute Gasteiger partial charge is 0.174 e. The fourth-order valence-corrected chi connectivity index (χ4v) is 3.53. The highest BCUT2D eigenvalue weighted by atomic mass is 32.1. The van der Waals surface area contributed by atoms with Crippen LogP contribution in [-0.4, -0.2) is 26.1 Å². The van der Waals surface area contributed by atoms with E-state index in [0.717, 1.165) is 23.9 Å². The Hall–Kier alpha value is -2.66. The summed E-state index contributed by atoms with van der Waals surface area (Å²) in [6.07, 6.45) is 5.81. The molecule has 0 fully saturated rings. The highest BCUT2D eigenvalue weighted by Gasteiger charge is 2.30. The van der Waals surface area contributed by atoms with Crippen molar-refractivity contribution in [2.45, 2.75) is 12.6 Å². The topological polar surface area (TPSA) is 33.1 Å². The molecular formula is C19H18N4S. The number of anilines is 1. The number of para-hydroxylation sites is 1. The normalized spacial score (nSPS) is 16.5. The summed E-state index contributed by atoms with van der Waals surface area (Å²) in [5, 5.41) is 4.11. The number of fused-ring (bicyclic) bond motifs is 1. The fourth-order valence-electron chi connectivity index (χ4n) is 3.22. The summed E-state index contributed by atoms with van der Waals surface area (Å²) in [5.41, 5.74) is 3.46. The third-order valence-electron chi connectivity index (χ3n) is 4.35. The molecule has 0 bridgehead atoms. The van der Waals surface area contributed by atoms with Crippen molar-refractivity contribution >= 4 is 23.0 Å². The zero-order valence-corrected chi connectivity index (χ0v) is 14.0. The lowest BCUT2D eigenvalue weighted by atomic mass is 10.0. The van der Waals surface area contributed by atoms with E-state index in [1.165, 1.54) is 11.3 Å². The van der Waals surface area contributed by atoms with Gasteiger partial charge in [0.05, 0.1) is 6.04 Å². The van der Waals surface area contributed by atoms with Crippen LogP contribution in [0.1, 0.15) is 17.3 Å². The number of rotatable bonds is 2. The maximum atomic E-state index is 5.73. The maximum absolute atomic E-state index is 5.73. The van der Waals surface area contributed by atoms with Gasteiger partial charge in [-0.05, 0) is 54.2 Å². The Morgan fingerprint density at radius 2 is 1.79 bits per heavy atom. The average molecular weight is 334 g/mol. The second kappa shape index (κ2) is 6.45. The highest BCUT2D eigenvalue weighted by molar-refractivity contribution is 7.80. The molecule has 120 valence electrons. The molecule has 4 nitrogen and oxygen atoms in total. The molecule has 0 aliphatic carbocycles. The first-order chi connectivity index (χ1) is 11.8. The Morgan fingerprint density at radius 3 is 2.58 bits per heavy atom. The number of thiocarbonyl (C=S) groups is 1. The van der Waals surface area contributed by atoms with E-state index in [2.05, 4.69) is 50.2 Å². The van der Waals surface area contributed by atoms with Crippen LogP contribution in [0.15, 0.2) is 73.2 Å². The predicted molar refractivity (Wildman–Crippen MR) is 99.9 cm³/mol. The number of aromatic nitrogens is 2. The van der Waals surface area contributed by atoms with Crippen LogP contribution < -0.4 is 5.32 Å². The van der Waals surface area contributed by atoms with Crippen LogP contribution in [0.2, 0.25) is 0 Å². The Balaban J connectivity index is 1.67. The molecule has 1 aromatic carbocycles. The van der Waals surface area contributed by atoms with Gasteiger partial charge in [-0.3, -0.25) is 4.98 Å². The minimum atomic E-state index is 0.0977. The summed E-state index contributed by atoms with van der Waals surface area (Å²) in [6.45, 7) is 1.80. The van der Waals surface area contributed by atoms with Gasteiger partial charge in [-0.25, -0.2) is 0 Å². The third-order valence-corrected chi connectivity index (χ3v) is 4.68. The van der Waals surface area contributed by atoms with Crippen LogP contribution in [0.4, 0.5) is 5.69 Å². The number of hydrogen-bond donors (Lipinski definition) is 1. The van der Waals surface area contributed by atoms with E-state index in [9.17, 15) is 0 Å². The van der Waals surface area contributed by atoms with Crippen LogP contribution in [0.3, 0.4) is 0 Å². The van der Waals surface area contributed by atoms with E-state index in [-0.39, 0.29) is 6.04 Å². The summed E-state index contributed by atoms with van der Waals surface area (Å²) in [6, 6.07) is 18.6. The number of nitrogens with one attached hydrogen (secondary N) is 1. The summed E-state index contributed by atoms with van der Waals surface area (Å²) in [4.78, 5) is 6.40. The van der Waals surface area contributed by atoms with Crippen LogP contribution in [0.25, 0.3) is 0 Å². The summed E-state index contributed by atoms with van der Waals surface area (Å²) in [5.74, 6) is 0. The predicted octanol–water partition coefficient (Wildman–Crippen LogP) is 3.69. The van der Waals surface area contributed by atoms with E-state index < -0.39 is 0 Å². The van der Waals surface area contributed by atoms with Crippen molar-refractivity contribution in [1.29, 1.82) is 0 Å². The van der Waals surface area contributed by atoms with Gasteiger partial charge in [0.25, 0.3) is 0 Å². The van der Waals surface area contributed by atoms with Crippen molar-refractivity contribution in [3.05, 3.63) is 84.4 Å². The van der Waals surface area contributed by atoms with Crippen molar-refractivity contribution in [2.75, 3.05) is 11.9 Å². The van der Waals surface area contributed by atoms with Crippen molar-refractivity contribution < 1.29 is 0 Å². The molecule has 0 amide bonds. The van der Waals surface area contributed by atoms with E-state index in [4.69, 9.17) is 12.2 Å². The standard InChI is InChI=1S/C19H18N4S/c24-19(21-16-5-2-1-3-6-16)23-14-13-22-12-4-7-17(22)18(23)15-8-10-20-11-9-15/h1-12,18H,13-14H2,(H,21,24). The minimum Gasteiger partial charge on any atom is -0.348 e. The second-order valence-electron chi connectivity index (χ2n) is 5.80. The molecule has 1 aliphatic heterocycles. The Labute approximate surface area is 146 Å². The minimum absolute atomic E-state index is 0.0977. The molecule has 0 saturated heterocycles. The molecule has 24 heavy (non-hydrogen) atoms. The molecule has 3 aromatic rings. The summed E-state index contributed by atoms with van der Waals surface area (Å²) < 4.78 is 2.30. The largest absolute Gasteiger partial charge is 0.348 e. The molecular weight excluding hydrogens is 316 g/mol. The van der Waals surface area contributed by atoms with Crippen molar-refractivity contribution in [2.24, 2.45) is 0 Å². The lowest BCUT2D eigenvalue weighted by Gasteiger charge is -2.39. The molecule has 0 saturated carbocycles. The fraction of sp³-hybridized carbons (Fsp3) is 0.158. The maximum Gasteiger partial charge on any atom is 0.174 e. The molecule has 1 aliphatic rings. The van der Waals surface area contributed by atoms with Gasteiger partial charge in [0, 0.05) is 43.1 Å². The van der Waals surface area contributed by atoms with E-state index in [0.29, 0.717) is 0 Å². The molecule has 2 aromatic heterocycles.